The molecule has 2 aromatic carbocycles. The second kappa shape index (κ2) is 10.4. The van der Waals surface area contributed by atoms with Crippen LogP contribution in [0.4, 0.5) is 5.69 Å². The van der Waals surface area contributed by atoms with E-state index in [0.29, 0.717) is 29.1 Å². The number of nitrogens with one attached hydrogen (secondary N) is 1. The molecule has 0 aliphatic heterocycles. The van der Waals surface area contributed by atoms with E-state index >= 15 is 0 Å². The largest absolute Gasteiger partial charge is 0.493 e. The van der Waals surface area contributed by atoms with Crippen molar-refractivity contribution in [2.45, 2.75) is 13.3 Å². The molecule has 0 saturated heterocycles. The van der Waals surface area contributed by atoms with E-state index in [4.69, 9.17) is 4.74 Å². The second-order valence-electron chi connectivity index (χ2n) is 7.65. The summed E-state index contributed by atoms with van der Waals surface area (Å²) in [6.45, 7) is 2.20. The number of ether oxygens (including phenoxy) is 1. The van der Waals surface area contributed by atoms with Crippen LogP contribution >= 0.6 is 0 Å². The standard InChI is InChI=1S/C27H23N3O4/c1-18-24(27(32)33)15-21(17-29-18)20-11-13-28-25(16-20)26(31)30-22-7-9-23(10-8-22)34-14-12-19-5-3-2-4-6-19/h2-11,13,15-17H,12,14H2,1H3,(H,30,31)(H,32,33). The lowest BCUT2D eigenvalue weighted by Crippen LogP contribution is -2.13. The Labute approximate surface area is 197 Å². The number of benzene rings is 2. The number of carbonyl (C=O) groups is 2. The summed E-state index contributed by atoms with van der Waals surface area (Å²) >= 11 is 0. The summed E-state index contributed by atoms with van der Waals surface area (Å²) in [5, 5.41) is 12.2. The summed E-state index contributed by atoms with van der Waals surface area (Å²) in [4.78, 5) is 32.4. The number of carbonyl (C=O) groups excluding carboxylic acids is 1. The third-order valence-electron chi connectivity index (χ3n) is 5.26. The number of rotatable bonds is 8. The number of hydrogen-bond acceptors (Lipinski definition) is 5. The fourth-order valence-electron chi connectivity index (χ4n) is 3.40. The van der Waals surface area contributed by atoms with Crippen molar-refractivity contribution in [2.75, 3.05) is 11.9 Å². The number of nitrogens with zero attached hydrogens (tertiary/aromatic N) is 2. The third kappa shape index (κ3) is 5.63. The van der Waals surface area contributed by atoms with Gasteiger partial charge >= 0.3 is 5.97 Å². The number of anilines is 1. The predicted octanol–water partition coefficient (Wildman–Crippen LogP) is 5.02. The smallest absolute Gasteiger partial charge is 0.337 e. The number of aromatic nitrogens is 2. The fraction of sp³-hybridized carbons (Fsp3) is 0.111. The highest BCUT2D eigenvalue weighted by Crippen LogP contribution is 2.22. The Bertz CT molecular complexity index is 1310. The summed E-state index contributed by atoms with van der Waals surface area (Å²) < 4.78 is 5.78. The maximum absolute atomic E-state index is 12.7. The minimum Gasteiger partial charge on any atom is -0.493 e. The lowest BCUT2D eigenvalue weighted by molar-refractivity contribution is 0.0695. The molecule has 0 spiro atoms. The SMILES string of the molecule is Cc1ncc(-c2ccnc(C(=O)Nc3ccc(OCCc4ccccc4)cc3)c2)cc1C(=O)O. The lowest BCUT2D eigenvalue weighted by atomic mass is 10.0. The van der Waals surface area contributed by atoms with Gasteiger partial charge in [0.15, 0.2) is 0 Å². The number of aromatic carboxylic acids is 1. The van der Waals surface area contributed by atoms with Crippen molar-refractivity contribution in [3.05, 3.63) is 108 Å². The van der Waals surface area contributed by atoms with E-state index in [1.165, 1.54) is 17.8 Å². The number of hydrogen-bond donors (Lipinski definition) is 2. The molecule has 0 fully saturated rings. The van der Waals surface area contributed by atoms with Gasteiger partial charge in [-0.3, -0.25) is 14.8 Å². The molecule has 7 heteroatoms. The number of carboxylic acid groups (broad SMARTS) is 1. The highest BCUT2D eigenvalue weighted by atomic mass is 16.5. The van der Waals surface area contributed by atoms with E-state index in [2.05, 4.69) is 27.4 Å². The van der Waals surface area contributed by atoms with Crippen LogP contribution < -0.4 is 10.1 Å². The molecule has 7 nitrogen and oxygen atoms in total. The lowest BCUT2D eigenvalue weighted by Gasteiger charge is -2.09. The van der Waals surface area contributed by atoms with E-state index in [-0.39, 0.29) is 17.2 Å². The highest BCUT2D eigenvalue weighted by molar-refractivity contribution is 6.03. The molecule has 4 rings (SSSR count). The van der Waals surface area contributed by atoms with E-state index in [1.807, 2.05) is 18.2 Å². The zero-order valence-electron chi connectivity index (χ0n) is 18.6. The first-order valence-electron chi connectivity index (χ1n) is 10.7. The normalized spacial score (nSPS) is 10.5. The van der Waals surface area contributed by atoms with Crippen LogP contribution in [-0.4, -0.2) is 33.6 Å². The van der Waals surface area contributed by atoms with Gasteiger partial charge in [-0.1, -0.05) is 30.3 Å². The van der Waals surface area contributed by atoms with Crippen molar-refractivity contribution in [3.8, 4) is 16.9 Å². The molecule has 0 atom stereocenters. The molecule has 0 aliphatic carbocycles. The van der Waals surface area contributed by atoms with Crippen LogP contribution in [0.15, 0.2) is 85.2 Å². The molecule has 0 radical (unpaired) electrons. The minimum atomic E-state index is -1.05. The molecule has 4 aromatic rings. The van der Waals surface area contributed by atoms with Gasteiger partial charge < -0.3 is 15.2 Å². The van der Waals surface area contributed by atoms with E-state index in [9.17, 15) is 14.7 Å². The molecule has 2 aromatic heterocycles. The summed E-state index contributed by atoms with van der Waals surface area (Å²) in [6.07, 6.45) is 3.90. The molecule has 0 bridgehead atoms. The Kier molecular flexibility index (Phi) is 6.93. The van der Waals surface area contributed by atoms with Gasteiger partial charge in [-0.15, -0.1) is 0 Å². The van der Waals surface area contributed by atoms with Crippen molar-refractivity contribution >= 4 is 17.6 Å². The molecule has 2 heterocycles. The monoisotopic (exact) mass is 453 g/mol. The van der Waals surface area contributed by atoms with E-state index in [0.717, 1.165) is 12.2 Å². The topological polar surface area (TPSA) is 101 Å². The number of pyridine rings is 2. The molecular weight excluding hydrogens is 430 g/mol. The number of carboxylic acids is 1. The summed E-state index contributed by atoms with van der Waals surface area (Å²) in [6, 6.07) is 22.1. The van der Waals surface area contributed by atoms with Crippen molar-refractivity contribution in [2.24, 2.45) is 0 Å². The van der Waals surface area contributed by atoms with Gasteiger partial charge in [-0.05, 0) is 60.5 Å². The summed E-state index contributed by atoms with van der Waals surface area (Å²) in [7, 11) is 0. The van der Waals surface area contributed by atoms with Crippen molar-refractivity contribution in [1.82, 2.24) is 9.97 Å². The van der Waals surface area contributed by atoms with Gasteiger partial charge in [-0.25, -0.2) is 4.79 Å². The Morgan fingerprint density at radius 3 is 2.44 bits per heavy atom. The molecule has 0 unspecified atom stereocenters. The van der Waals surface area contributed by atoms with E-state index in [1.54, 1.807) is 49.5 Å². The third-order valence-corrected chi connectivity index (χ3v) is 5.26. The van der Waals surface area contributed by atoms with E-state index < -0.39 is 5.97 Å². The Morgan fingerprint density at radius 2 is 1.71 bits per heavy atom. The van der Waals surface area contributed by atoms with Crippen LogP contribution in [0, 0.1) is 6.92 Å². The van der Waals surface area contributed by atoms with Crippen LogP contribution in [0.25, 0.3) is 11.1 Å². The Hall–Kier alpha value is -4.52. The highest BCUT2D eigenvalue weighted by Gasteiger charge is 2.13. The molecule has 170 valence electrons. The Balaban J connectivity index is 1.39. The molecule has 0 saturated carbocycles. The summed E-state index contributed by atoms with van der Waals surface area (Å²) in [5.41, 5.74) is 3.81. The van der Waals surface area contributed by atoms with Gasteiger partial charge in [0.05, 0.1) is 17.9 Å². The van der Waals surface area contributed by atoms with Crippen LogP contribution in [0.2, 0.25) is 0 Å². The van der Waals surface area contributed by atoms with Gasteiger partial charge in [0.2, 0.25) is 0 Å². The minimum absolute atomic E-state index is 0.117. The van der Waals surface area contributed by atoms with Gasteiger partial charge in [-0.2, -0.15) is 0 Å². The Morgan fingerprint density at radius 1 is 0.941 bits per heavy atom. The quantitative estimate of drug-likeness (QED) is 0.388. The van der Waals surface area contributed by atoms with Crippen molar-refractivity contribution < 1.29 is 19.4 Å². The molecule has 1 amide bonds. The van der Waals surface area contributed by atoms with Gasteiger partial charge in [0.25, 0.3) is 5.91 Å². The van der Waals surface area contributed by atoms with Crippen LogP contribution in [0.3, 0.4) is 0 Å². The number of aryl methyl sites for hydroxylation is 1. The van der Waals surface area contributed by atoms with Crippen LogP contribution in [0.1, 0.15) is 32.1 Å². The van der Waals surface area contributed by atoms with Gasteiger partial charge in [0, 0.05) is 30.1 Å². The van der Waals surface area contributed by atoms with Crippen molar-refractivity contribution in [1.29, 1.82) is 0 Å². The molecule has 34 heavy (non-hydrogen) atoms. The average Bonchev–Trinajstić information content (AvgIpc) is 2.86. The zero-order chi connectivity index (χ0) is 23.9. The first-order valence-corrected chi connectivity index (χ1v) is 10.7. The van der Waals surface area contributed by atoms with Crippen LogP contribution in [0.5, 0.6) is 5.75 Å². The summed E-state index contributed by atoms with van der Waals surface area (Å²) in [5.74, 6) is -0.709. The maximum atomic E-state index is 12.7. The second-order valence-corrected chi connectivity index (χ2v) is 7.65. The molecular formula is C27H23N3O4. The predicted molar refractivity (Wildman–Crippen MR) is 129 cm³/mol. The fourth-order valence-corrected chi connectivity index (χ4v) is 3.40. The first-order chi connectivity index (χ1) is 16.5. The maximum Gasteiger partial charge on any atom is 0.337 e. The average molecular weight is 453 g/mol. The van der Waals surface area contributed by atoms with Crippen molar-refractivity contribution in [3.63, 3.8) is 0 Å². The first kappa shape index (κ1) is 22.7. The molecule has 2 N–H and O–H groups in total. The zero-order valence-corrected chi connectivity index (χ0v) is 18.6. The number of amides is 1. The molecule has 0 aliphatic rings. The van der Waals surface area contributed by atoms with Gasteiger partial charge in [0.1, 0.15) is 11.4 Å². The van der Waals surface area contributed by atoms with Crippen LogP contribution in [-0.2, 0) is 6.42 Å².